The fourth-order valence-electron chi connectivity index (χ4n) is 0.683. The third kappa shape index (κ3) is 3.11. The zero-order chi connectivity index (χ0) is 9.90. The lowest BCUT2D eigenvalue weighted by Gasteiger charge is -1.99. The topological polar surface area (TPSA) is 85.1 Å². The zero-order valence-electron chi connectivity index (χ0n) is 7.44. The van der Waals surface area contributed by atoms with Crippen LogP contribution in [0.1, 0.15) is 18.7 Å². The predicted octanol–water partition coefficient (Wildman–Crippen LogP) is -0.183. The highest BCUT2D eigenvalue weighted by Crippen LogP contribution is 1.97. The maximum Gasteiger partial charge on any atom is 0.231 e. The molecule has 0 unspecified atom stereocenters. The molecule has 0 fully saturated rings. The first-order chi connectivity index (χ1) is 6.03. The van der Waals surface area contributed by atoms with Gasteiger partial charge in [0.2, 0.25) is 21.8 Å². The highest BCUT2D eigenvalue weighted by Gasteiger charge is 2.08. The molecule has 0 saturated heterocycles. The highest BCUT2D eigenvalue weighted by molar-refractivity contribution is 7.89. The predicted molar refractivity (Wildman–Crippen MR) is 45.3 cm³/mol. The van der Waals surface area contributed by atoms with Crippen LogP contribution >= 0.6 is 0 Å². The Morgan fingerprint density at radius 1 is 1.46 bits per heavy atom. The minimum Gasteiger partial charge on any atom is -0.424 e. The lowest BCUT2D eigenvalue weighted by atomic mass is 10.7. The molecule has 0 aromatic carbocycles. The summed E-state index contributed by atoms with van der Waals surface area (Å²) in [6.07, 6.45) is 0. The average molecular weight is 205 g/mol. The number of rotatable bonds is 4. The molecule has 0 saturated carbocycles. The highest BCUT2D eigenvalue weighted by atomic mass is 32.2. The Labute approximate surface area is 76.4 Å². The van der Waals surface area contributed by atoms with E-state index < -0.39 is 10.0 Å². The summed E-state index contributed by atoms with van der Waals surface area (Å²) in [5, 5.41) is 7.20. The summed E-state index contributed by atoms with van der Waals surface area (Å²) in [7, 11) is -3.19. The zero-order valence-corrected chi connectivity index (χ0v) is 8.26. The van der Waals surface area contributed by atoms with Gasteiger partial charge in [0.1, 0.15) is 0 Å². The van der Waals surface area contributed by atoms with Gasteiger partial charge >= 0.3 is 0 Å². The van der Waals surface area contributed by atoms with Gasteiger partial charge in [-0.25, -0.2) is 13.1 Å². The largest absolute Gasteiger partial charge is 0.424 e. The van der Waals surface area contributed by atoms with Gasteiger partial charge in [-0.05, 0) is 6.92 Å². The maximum absolute atomic E-state index is 11.0. The van der Waals surface area contributed by atoms with Crippen LogP contribution in [0, 0.1) is 6.92 Å². The Bertz CT molecular complexity index is 370. The molecule has 0 aliphatic rings. The lowest BCUT2D eigenvalue weighted by Crippen LogP contribution is -2.24. The number of nitrogens with zero attached hydrogens (tertiary/aromatic N) is 2. The van der Waals surface area contributed by atoms with Crippen LogP contribution in [0.25, 0.3) is 0 Å². The molecule has 0 aliphatic carbocycles. The van der Waals surface area contributed by atoms with E-state index >= 15 is 0 Å². The van der Waals surface area contributed by atoms with Crippen LogP contribution in [0.4, 0.5) is 0 Å². The molecule has 0 spiro atoms. The average Bonchev–Trinajstić information content (AvgIpc) is 2.48. The number of hydrogen-bond donors (Lipinski definition) is 1. The second kappa shape index (κ2) is 3.84. The van der Waals surface area contributed by atoms with E-state index in [-0.39, 0.29) is 18.2 Å². The van der Waals surface area contributed by atoms with Crippen molar-refractivity contribution in [3.63, 3.8) is 0 Å². The molecule has 0 atom stereocenters. The van der Waals surface area contributed by atoms with Crippen molar-refractivity contribution < 1.29 is 12.8 Å². The van der Waals surface area contributed by atoms with Crippen molar-refractivity contribution in [3.05, 3.63) is 11.8 Å². The van der Waals surface area contributed by atoms with E-state index in [1.54, 1.807) is 13.8 Å². The first kappa shape index (κ1) is 10.1. The Hall–Kier alpha value is -0.950. The number of sulfonamides is 1. The normalized spacial score (nSPS) is 11.8. The van der Waals surface area contributed by atoms with Gasteiger partial charge in [-0.15, -0.1) is 10.2 Å². The Morgan fingerprint density at radius 3 is 2.62 bits per heavy atom. The summed E-state index contributed by atoms with van der Waals surface area (Å²) >= 11 is 0. The Kier molecular flexibility index (Phi) is 2.99. The third-order valence-electron chi connectivity index (χ3n) is 1.39. The molecule has 0 radical (unpaired) electrons. The standard InChI is InChI=1S/C6H11N3O3S/c1-3-13(10,11)7-4-6-9-8-5(2)12-6/h7H,3-4H2,1-2H3. The van der Waals surface area contributed by atoms with Crippen molar-refractivity contribution in [2.75, 3.05) is 5.75 Å². The van der Waals surface area contributed by atoms with Crippen LogP contribution in [-0.2, 0) is 16.6 Å². The van der Waals surface area contributed by atoms with Gasteiger partial charge in [0, 0.05) is 6.92 Å². The smallest absolute Gasteiger partial charge is 0.231 e. The van der Waals surface area contributed by atoms with E-state index in [0.717, 1.165) is 0 Å². The van der Waals surface area contributed by atoms with E-state index in [1.165, 1.54) is 0 Å². The summed E-state index contributed by atoms with van der Waals surface area (Å²) < 4.78 is 29.2. The molecule has 0 bridgehead atoms. The second-order valence-corrected chi connectivity index (χ2v) is 4.53. The maximum atomic E-state index is 11.0. The van der Waals surface area contributed by atoms with Crippen molar-refractivity contribution in [2.45, 2.75) is 20.4 Å². The van der Waals surface area contributed by atoms with Crippen LogP contribution in [0.2, 0.25) is 0 Å². The Balaban J connectivity index is 2.53. The Morgan fingerprint density at radius 2 is 2.15 bits per heavy atom. The summed E-state index contributed by atoms with van der Waals surface area (Å²) in [5.74, 6) is 0.736. The van der Waals surface area contributed by atoms with E-state index in [1.807, 2.05) is 0 Å². The van der Waals surface area contributed by atoms with Crippen LogP contribution in [-0.4, -0.2) is 24.4 Å². The van der Waals surface area contributed by atoms with Crippen LogP contribution < -0.4 is 4.72 Å². The second-order valence-electron chi connectivity index (χ2n) is 2.44. The summed E-state index contributed by atoms with van der Waals surface area (Å²) in [6.45, 7) is 3.25. The number of aromatic nitrogens is 2. The van der Waals surface area contributed by atoms with Crippen molar-refractivity contribution in [3.8, 4) is 0 Å². The van der Waals surface area contributed by atoms with Gasteiger partial charge in [-0.3, -0.25) is 0 Å². The molecule has 0 aliphatic heterocycles. The summed E-state index contributed by atoms with van der Waals surface area (Å²) in [5.41, 5.74) is 0. The van der Waals surface area contributed by atoms with Crippen LogP contribution in [0.15, 0.2) is 4.42 Å². The van der Waals surface area contributed by atoms with E-state index in [9.17, 15) is 8.42 Å². The van der Waals surface area contributed by atoms with Crippen LogP contribution in [0.5, 0.6) is 0 Å². The minimum atomic E-state index is -3.19. The first-order valence-corrected chi connectivity index (χ1v) is 5.45. The van der Waals surface area contributed by atoms with Crippen molar-refractivity contribution >= 4 is 10.0 Å². The van der Waals surface area contributed by atoms with Gasteiger partial charge in [-0.1, -0.05) is 0 Å². The molecule has 1 N–H and O–H groups in total. The molecule has 6 nitrogen and oxygen atoms in total. The molecule has 1 heterocycles. The molecule has 74 valence electrons. The van der Waals surface area contributed by atoms with E-state index in [0.29, 0.717) is 5.89 Å². The van der Waals surface area contributed by atoms with Gasteiger partial charge in [0.25, 0.3) is 0 Å². The quantitative estimate of drug-likeness (QED) is 0.736. The lowest BCUT2D eigenvalue weighted by molar-refractivity contribution is 0.460. The minimum absolute atomic E-state index is 0.0418. The molecule has 0 amide bonds. The molecule has 1 rings (SSSR count). The van der Waals surface area contributed by atoms with Crippen molar-refractivity contribution in [2.24, 2.45) is 0 Å². The van der Waals surface area contributed by atoms with Gasteiger partial charge in [0.05, 0.1) is 12.3 Å². The van der Waals surface area contributed by atoms with Crippen LogP contribution in [0.3, 0.4) is 0 Å². The molecule has 1 aromatic rings. The summed E-state index contributed by atoms with van der Waals surface area (Å²) in [4.78, 5) is 0. The summed E-state index contributed by atoms with van der Waals surface area (Å²) in [6, 6.07) is 0. The van der Waals surface area contributed by atoms with Gasteiger partial charge < -0.3 is 4.42 Å². The molecule has 7 heteroatoms. The molecular formula is C6H11N3O3S. The number of nitrogens with one attached hydrogen (secondary N) is 1. The van der Waals surface area contributed by atoms with Crippen molar-refractivity contribution in [1.82, 2.24) is 14.9 Å². The van der Waals surface area contributed by atoms with E-state index in [4.69, 9.17) is 4.42 Å². The fraction of sp³-hybridized carbons (Fsp3) is 0.667. The number of aryl methyl sites for hydroxylation is 1. The van der Waals surface area contributed by atoms with Gasteiger partial charge in [-0.2, -0.15) is 0 Å². The van der Waals surface area contributed by atoms with Crippen molar-refractivity contribution in [1.29, 1.82) is 0 Å². The molecular weight excluding hydrogens is 194 g/mol. The molecule has 13 heavy (non-hydrogen) atoms. The number of hydrogen-bond acceptors (Lipinski definition) is 5. The fourth-order valence-corrected chi connectivity index (χ4v) is 1.23. The first-order valence-electron chi connectivity index (χ1n) is 3.80. The SMILES string of the molecule is CCS(=O)(=O)NCc1nnc(C)o1. The van der Waals surface area contributed by atoms with E-state index in [2.05, 4.69) is 14.9 Å². The molecule has 1 aromatic heterocycles. The monoisotopic (exact) mass is 205 g/mol. The third-order valence-corrected chi connectivity index (χ3v) is 2.74. The van der Waals surface area contributed by atoms with Gasteiger partial charge in [0.15, 0.2) is 0 Å².